The molecule has 0 saturated heterocycles. The summed E-state index contributed by atoms with van der Waals surface area (Å²) in [5.41, 5.74) is 3.11. The van der Waals surface area contributed by atoms with E-state index < -0.39 is 0 Å². The Morgan fingerprint density at radius 2 is 1.75 bits per heavy atom. The zero-order valence-electron chi connectivity index (χ0n) is 15.3. The van der Waals surface area contributed by atoms with Gasteiger partial charge in [-0.05, 0) is 48.9 Å². The van der Waals surface area contributed by atoms with E-state index in [0.717, 1.165) is 25.7 Å². The minimum Gasteiger partial charge on any atom is -0.325 e. The number of fused-ring (bicyclic) bond motifs is 1. The van der Waals surface area contributed by atoms with E-state index in [9.17, 15) is 9.59 Å². The Morgan fingerprint density at radius 1 is 0.929 bits per heavy atom. The molecule has 0 atom stereocenters. The number of benzene rings is 2. The van der Waals surface area contributed by atoms with Gasteiger partial charge in [-0.3, -0.25) is 9.59 Å². The van der Waals surface area contributed by atoms with Gasteiger partial charge < -0.3 is 10.6 Å². The third kappa shape index (κ3) is 3.81. The molecule has 0 aliphatic rings. The third-order valence-corrected chi connectivity index (χ3v) is 6.36. The number of hydrogen-bond acceptors (Lipinski definition) is 5. The van der Waals surface area contributed by atoms with Gasteiger partial charge in [0, 0.05) is 6.92 Å². The summed E-state index contributed by atoms with van der Waals surface area (Å²) in [5.74, 6) is -0.400. The summed E-state index contributed by atoms with van der Waals surface area (Å²) < 4.78 is 1.12. The molecule has 2 N–H and O–H groups in total. The molecule has 28 heavy (non-hydrogen) atoms. The van der Waals surface area contributed by atoms with Gasteiger partial charge in [0.2, 0.25) is 5.91 Å². The Balaban J connectivity index is 1.58. The van der Waals surface area contributed by atoms with Crippen LogP contribution in [0.2, 0.25) is 0 Å². The fourth-order valence-corrected chi connectivity index (χ4v) is 4.72. The Morgan fingerprint density at radius 3 is 2.54 bits per heavy atom. The second kappa shape index (κ2) is 7.53. The summed E-state index contributed by atoms with van der Waals surface area (Å²) in [6.07, 6.45) is 0. The van der Waals surface area contributed by atoms with E-state index in [2.05, 4.69) is 15.6 Å². The van der Waals surface area contributed by atoms with Gasteiger partial charge in [0.15, 0.2) is 0 Å². The Kier molecular flexibility index (Phi) is 4.93. The summed E-state index contributed by atoms with van der Waals surface area (Å²) in [6.45, 7) is 3.37. The van der Waals surface area contributed by atoms with Crippen molar-refractivity contribution in [2.24, 2.45) is 0 Å². The first kappa shape index (κ1) is 18.3. The summed E-state index contributed by atoms with van der Waals surface area (Å²) in [7, 11) is 0. The predicted octanol–water partition coefficient (Wildman–Crippen LogP) is 5.54. The van der Waals surface area contributed by atoms with Gasteiger partial charge in [-0.25, -0.2) is 4.98 Å². The van der Waals surface area contributed by atoms with E-state index in [0.29, 0.717) is 16.3 Å². The number of carbonyl (C=O) groups is 2. The molecule has 2 aromatic heterocycles. The fourth-order valence-electron chi connectivity index (χ4n) is 2.80. The average molecular weight is 408 g/mol. The lowest BCUT2D eigenvalue weighted by molar-refractivity contribution is -0.114. The zero-order chi connectivity index (χ0) is 19.7. The molecule has 140 valence electrons. The van der Waals surface area contributed by atoms with Crippen LogP contribution in [0.25, 0.3) is 20.1 Å². The van der Waals surface area contributed by atoms with Gasteiger partial charge in [0.05, 0.1) is 31.3 Å². The molecule has 5 nitrogen and oxygen atoms in total. The van der Waals surface area contributed by atoms with E-state index in [-0.39, 0.29) is 11.8 Å². The third-order valence-electron chi connectivity index (χ3n) is 4.07. The number of thiazole rings is 1. The Labute approximate surface area is 170 Å². The van der Waals surface area contributed by atoms with Crippen molar-refractivity contribution in [3.8, 4) is 9.88 Å². The van der Waals surface area contributed by atoms with Gasteiger partial charge >= 0.3 is 0 Å². The van der Waals surface area contributed by atoms with Gasteiger partial charge in [-0.15, -0.1) is 22.7 Å². The second-order valence-electron chi connectivity index (χ2n) is 6.33. The van der Waals surface area contributed by atoms with Crippen LogP contribution in [0.5, 0.6) is 0 Å². The van der Waals surface area contributed by atoms with Gasteiger partial charge in [-0.1, -0.05) is 18.2 Å². The number of thiophene rings is 1. The van der Waals surface area contributed by atoms with Crippen LogP contribution in [-0.4, -0.2) is 16.8 Å². The quantitative estimate of drug-likeness (QED) is 0.466. The molecule has 4 aromatic rings. The molecule has 0 aliphatic heterocycles. The molecule has 0 radical (unpaired) electrons. The summed E-state index contributed by atoms with van der Waals surface area (Å²) >= 11 is 3.01. The van der Waals surface area contributed by atoms with Crippen molar-refractivity contribution in [1.82, 2.24) is 4.98 Å². The number of aromatic nitrogens is 1. The van der Waals surface area contributed by atoms with Crippen molar-refractivity contribution >= 4 is 56.1 Å². The fraction of sp³-hybridized carbons (Fsp3) is 0.0952. The molecule has 2 heterocycles. The maximum Gasteiger partial charge on any atom is 0.265 e. The van der Waals surface area contributed by atoms with Crippen molar-refractivity contribution < 1.29 is 9.59 Å². The van der Waals surface area contributed by atoms with E-state index in [1.807, 2.05) is 49.4 Å². The van der Waals surface area contributed by atoms with Crippen LogP contribution in [0.1, 0.15) is 22.2 Å². The number of aryl methyl sites for hydroxylation is 1. The number of rotatable bonds is 4. The summed E-state index contributed by atoms with van der Waals surface area (Å²) in [4.78, 5) is 30.4. The first-order chi connectivity index (χ1) is 13.5. The highest BCUT2D eigenvalue weighted by atomic mass is 32.1. The maximum absolute atomic E-state index is 12.7. The Hall–Kier alpha value is -3.03. The molecular weight excluding hydrogens is 390 g/mol. The van der Waals surface area contributed by atoms with Gasteiger partial charge in [0.1, 0.15) is 5.01 Å². The minimum atomic E-state index is -0.213. The summed E-state index contributed by atoms with van der Waals surface area (Å²) in [5, 5.41) is 6.55. The number of anilines is 2. The topological polar surface area (TPSA) is 71.1 Å². The lowest BCUT2D eigenvalue weighted by Gasteiger charge is -2.11. The van der Waals surface area contributed by atoms with Crippen LogP contribution < -0.4 is 10.6 Å². The van der Waals surface area contributed by atoms with Crippen LogP contribution in [0.3, 0.4) is 0 Å². The molecule has 0 unspecified atom stereocenters. The second-order valence-corrected chi connectivity index (χ2v) is 8.45. The smallest absolute Gasteiger partial charge is 0.265 e. The molecule has 2 aromatic carbocycles. The highest BCUT2D eigenvalue weighted by Crippen LogP contribution is 2.35. The van der Waals surface area contributed by atoms with Crippen molar-refractivity contribution in [2.45, 2.75) is 13.8 Å². The highest BCUT2D eigenvalue weighted by molar-refractivity contribution is 7.26. The summed E-state index contributed by atoms with van der Waals surface area (Å²) in [6, 6.07) is 17.2. The molecule has 0 saturated carbocycles. The van der Waals surface area contributed by atoms with E-state index in [1.54, 1.807) is 23.5 Å². The number of hydrogen-bond donors (Lipinski definition) is 2. The molecule has 2 amide bonds. The first-order valence-electron chi connectivity index (χ1n) is 8.65. The first-order valence-corrected chi connectivity index (χ1v) is 10.3. The molecule has 0 bridgehead atoms. The SMILES string of the molecule is CC(=O)Nc1ccc(C)cc1NC(=O)c1ccc(-c2nc3ccccc3s2)s1. The van der Waals surface area contributed by atoms with Crippen molar-refractivity contribution in [2.75, 3.05) is 10.6 Å². The van der Waals surface area contributed by atoms with Crippen molar-refractivity contribution in [3.05, 3.63) is 65.0 Å². The van der Waals surface area contributed by atoms with Gasteiger partial charge in [-0.2, -0.15) is 0 Å². The molecule has 0 aliphatic carbocycles. The number of para-hydroxylation sites is 1. The zero-order valence-corrected chi connectivity index (χ0v) is 16.9. The van der Waals surface area contributed by atoms with Crippen LogP contribution in [0, 0.1) is 6.92 Å². The normalized spacial score (nSPS) is 10.8. The average Bonchev–Trinajstić information content (AvgIpc) is 3.30. The largest absolute Gasteiger partial charge is 0.325 e. The Bertz CT molecular complexity index is 1160. The molecular formula is C21H17N3O2S2. The van der Waals surface area contributed by atoms with Crippen molar-refractivity contribution in [3.63, 3.8) is 0 Å². The predicted molar refractivity (Wildman–Crippen MR) is 116 cm³/mol. The molecule has 0 spiro atoms. The van der Waals surface area contributed by atoms with E-state index in [4.69, 9.17) is 0 Å². The van der Waals surface area contributed by atoms with E-state index in [1.165, 1.54) is 18.3 Å². The van der Waals surface area contributed by atoms with Crippen LogP contribution in [0.4, 0.5) is 11.4 Å². The minimum absolute atomic E-state index is 0.186. The monoisotopic (exact) mass is 407 g/mol. The highest BCUT2D eigenvalue weighted by Gasteiger charge is 2.15. The maximum atomic E-state index is 12.7. The molecule has 7 heteroatoms. The van der Waals surface area contributed by atoms with Crippen LogP contribution in [-0.2, 0) is 4.79 Å². The van der Waals surface area contributed by atoms with Crippen molar-refractivity contribution in [1.29, 1.82) is 0 Å². The van der Waals surface area contributed by atoms with Crippen LogP contribution in [0.15, 0.2) is 54.6 Å². The number of carbonyl (C=O) groups excluding carboxylic acids is 2. The standard InChI is InChI=1S/C21H17N3O2S2/c1-12-7-8-14(22-13(2)25)16(11-12)23-20(26)18-9-10-19(27-18)21-24-15-5-3-4-6-17(15)28-21/h3-11H,1-2H3,(H,22,25)(H,23,26). The molecule has 4 rings (SSSR count). The number of nitrogens with zero attached hydrogens (tertiary/aromatic N) is 1. The lowest BCUT2D eigenvalue weighted by Crippen LogP contribution is -2.14. The van der Waals surface area contributed by atoms with E-state index >= 15 is 0 Å². The van der Waals surface area contributed by atoms with Crippen LogP contribution >= 0.6 is 22.7 Å². The van der Waals surface area contributed by atoms with Gasteiger partial charge in [0.25, 0.3) is 5.91 Å². The number of amides is 2. The lowest BCUT2D eigenvalue weighted by atomic mass is 10.2. The molecule has 0 fully saturated rings. The number of nitrogens with one attached hydrogen (secondary N) is 2.